The summed E-state index contributed by atoms with van der Waals surface area (Å²) in [6.45, 7) is 6.26. The van der Waals surface area contributed by atoms with Crippen LogP contribution in [0.15, 0.2) is 73.1 Å². The molecule has 8 nitrogen and oxygen atoms in total. The van der Waals surface area contributed by atoms with E-state index in [-0.39, 0.29) is 5.69 Å². The summed E-state index contributed by atoms with van der Waals surface area (Å²) in [5.74, 6) is 2.60. The van der Waals surface area contributed by atoms with E-state index in [9.17, 15) is 0 Å². The van der Waals surface area contributed by atoms with Crippen molar-refractivity contribution >= 4 is 34.1 Å². The first-order valence-electron chi connectivity index (χ1n) is 14.5. The number of benzene rings is 3. The number of anilines is 2. The van der Waals surface area contributed by atoms with Crippen molar-refractivity contribution in [2.45, 2.75) is 20.0 Å². The first-order chi connectivity index (χ1) is 21.4. The van der Waals surface area contributed by atoms with Gasteiger partial charge in [0.25, 0.3) is 0 Å². The Balaban J connectivity index is 1.41. The van der Waals surface area contributed by atoms with Crippen molar-refractivity contribution in [2.75, 3.05) is 50.2 Å². The van der Waals surface area contributed by atoms with E-state index in [4.69, 9.17) is 26.1 Å². The summed E-state index contributed by atoms with van der Waals surface area (Å²) in [6, 6.07) is 21.2. The number of piperazine rings is 1. The van der Waals surface area contributed by atoms with Crippen molar-refractivity contribution in [2.24, 2.45) is 0 Å². The van der Waals surface area contributed by atoms with Crippen LogP contribution in [0.5, 0.6) is 11.5 Å². The second-order valence-corrected chi connectivity index (χ2v) is 11.2. The van der Waals surface area contributed by atoms with E-state index in [0.717, 1.165) is 60.0 Å². The number of hydrogen-bond acceptors (Lipinski definition) is 8. The highest BCUT2D eigenvalue weighted by atomic mass is 35.5. The van der Waals surface area contributed by atoms with Gasteiger partial charge in [0.15, 0.2) is 5.82 Å². The Labute approximate surface area is 261 Å². The molecule has 0 atom stereocenters. The van der Waals surface area contributed by atoms with E-state index < -0.39 is 5.82 Å². The molecule has 1 saturated heterocycles. The van der Waals surface area contributed by atoms with Gasteiger partial charge in [-0.2, -0.15) is 0 Å². The molecule has 1 aliphatic rings. The number of ether oxygens (including phenoxy) is 2. The van der Waals surface area contributed by atoms with Gasteiger partial charge in [-0.05, 0) is 66.1 Å². The Morgan fingerprint density at radius 2 is 1.50 bits per heavy atom. The lowest BCUT2D eigenvalue weighted by molar-refractivity contribution is 0.414. The number of aryl methyl sites for hydroxylation is 1. The molecule has 0 unspecified atom stereocenters. The summed E-state index contributed by atoms with van der Waals surface area (Å²) in [5, 5.41) is 4.59. The van der Waals surface area contributed by atoms with Crippen molar-refractivity contribution in [3.63, 3.8) is 0 Å². The minimum Gasteiger partial charge on any atom is -0.497 e. The van der Waals surface area contributed by atoms with Crippen LogP contribution in [0.2, 0.25) is 5.02 Å². The molecule has 1 fully saturated rings. The van der Waals surface area contributed by atoms with Crippen LogP contribution in [-0.4, -0.2) is 55.4 Å². The molecule has 10 heteroatoms. The average molecular weight is 613 g/mol. The maximum absolute atomic E-state index is 15.9. The zero-order valence-electron chi connectivity index (χ0n) is 25.0. The number of nitrogens with zero attached hydrogens (tertiary/aromatic N) is 5. The number of fused-ring (bicyclic) bond motifs is 1. The predicted octanol–water partition coefficient (Wildman–Crippen LogP) is 6.43. The Morgan fingerprint density at radius 3 is 2.09 bits per heavy atom. The number of pyridine rings is 1. The molecule has 0 aliphatic carbocycles. The van der Waals surface area contributed by atoms with Gasteiger partial charge in [0.1, 0.15) is 35.2 Å². The highest BCUT2D eigenvalue weighted by Crippen LogP contribution is 2.37. The monoisotopic (exact) mass is 612 g/mol. The summed E-state index contributed by atoms with van der Waals surface area (Å²) in [7, 11) is 3.29. The predicted molar refractivity (Wildman–Crippen MR) is 173 cm³/mol. The van der Waals surface area contributed by atoms with Crippen LogP contribution in [0.1, 0.15) is 16.7 Å². The minimum atomic E-state index is -0.416. The van der Waals surface area contributed by atoms with E-state index >= 15 is 4.39 Å². The number of methoxy groups -OCH3 is 2. The SMILES string of the molecule is COc1ccc(CN(Cc2ccc(OC)cc2)c2cc(C)c(F)c(-c3cc4ncnc(N5CCNCC5)c4cc3Cl)n2)cc1. The van der Waals surface area contributed by atoms with Crippen molar-refractivity contribution < 1.29 is 13.9 Å². The van der Waals surface area contributed by atoms with Crippen LogP contribution in [0.3, 0.4) is 0 Å². The third-order valence-electron chi connectivity index (χ3n) is 7.89. The van der Waals surface area contributed by atoms with Crippen LogP contribution in [0.4, 0.5) is 16.0 Å². The zero-order valence-corrected chi connectivity index (χ0v) is 25.7. The Morgan fingerprint density at radius 1 is 0.886 bits per heavy atom. The lowest BCUT2D eigenvalue weighted by Gasteiger charge is -2.29. The molecule has 0 bridgehead atoms. The molecule has 6 rings (SSSR count). The fourth-order valence-electron chi connectivity index (χ4n) is 5.47. The molecule has 1 N–H and O–H groups in total. The molecular weight excluding hydrogens is 579 g/mol. The summed E-state index contributed by atoms with van der Waals surface area (Å²) >= 11 is 6.89. The van der Waals surface area contributed by atoms with Gasteiger partial charge >= 0.3 is 0 Å². The smallest absolute Gasteiger partial charge is 0.152 e. The fraction of sp³-hybridized carbons (Fsp3) is 0.265. The van der Waals surface area contributed by atoms with E-state index in [0.29, 0.717) is 40.6 Å². The molecule has 5 aromatic rings. The van der Waals surface area contributed by atoms with Crippen molar-refractivity contribution in [3.05, 3.63) is 101 Å². The third-order valence-corrected chi connectivity index (χ3v) is 8.20. The van der Waals surface area contributed by atoms with Crippen LogP contribution >= 0.6 is 11.6 Å². The topological polar surface area (TPSA) is 75.6 Å². The molecule has 0 radical (unpaired) electrons. The molecule has 0 amide bonds. The van der Waals surface area contributed by atoms with Crippen LogP contribution in [-0.2, 0) is 13.1 Å². The maximum Gasteiger partial charge on any atom is 0.152 e. The largest absolute Gasteiger partial charge is 0.497 e. The molecule has 226 valence electrons. The Hall–Kier alpha value is -4.47. The molecule has 44 heavy (non-hydrogen) atoms. The standard InChI is InChI=1S/C34H34ClFN6O2/c1-22-16-31(42(19-23-4-8-25(43-2)9-5-23)20-24-6-10-26(44-3)11-7-24)40-33(32(22)36)27-18-30-28(17-29(27)35)34(39-21-38-30)41-14-12-37-13-15-41/h4-11,16-18,21,37H,12-15,19-20H2,1-3H3. The molecule has 1 aliphatic heterocycles. The first-order valence-corrected chi connectivity index (χ1v) is 14.9. The van der Waals surface area contributed by atoms with E-state index in [2.05, 4.69) is 25.1 Å². The number of aromatic nitrogens is 3. The number of halogens is 2. The molecule has 3 aromatic carbocycles. The third kappa shape index (κ3) is 6.25. The number of nitrogens with one attached hydrogen (secondary N) is 1. The lowest BCUT2D eigenvalue weighted by Crippen LogP contribution is -2.44. The molecule has 0 spiro atoms. The van der Waals surface area contributed by atoms with Gasteiger partial charge < -0.3 is 24.6 Å². The summed E-state index contributed by atoms with van der Waals surface area (Å²) < 4.78 is 26.6. The van der Waals surface area contributed by atoms with Gasteiger partial charge in [-0.15, -0.1) is 0 Å². The second-order valence-electron chi connectivity index (χ2n) is 10.8. The van der Waals surface area contributed by atoms with Crippen molar-refractivity contribution in [1.82, 2.24) is 20.3 Å². The van der Waals surface area contributed by atoms with Crippen molar-refractivity contribution in [3.8, 4) is 22.8 Å². The highest BCUT2D eigenvalue weighted by molar-refractivity contribution is 6.34. The van der Waals surface area contributed by atoms with E-state index in [1.54, 1.807) is 33.5 Å². The molecular formula is C34H34ClFN6O2. The van der Waals surface area contributed by atoms with Gasteiger partial charge in [0.05, 0.1) is 24.8 Å². The highest BCUT2D eigenvalue weighted by Gasteiger charge is 2.22. The Bertz CT molecular complexity index is 1710. The number of hydrogen-bond donors (Lipinski definition) is 1. The quantitative estimate of drug-likeness (QED) is 0.204. The fourth-order valence-corrected chi connectivity index (χ4v) is 5.73. The molecule has 2 aromatic heterocycles. The maximum atomic E-state index is 15.9. The zero-order chi connectivity index (χ0) is 30.6. The second kappa shape index (κ2) is 13.0. The lowest BCUT2D eigenvalue weighted by atomic mass is 10.0. The molecule has 0 saturated carbocycles. The van der Waals surface area contributed by atoms with Crippen LogP contribution < -0.4 is 24.6 Å². The van der Waals surface area contributed by atoms with Gasteiger partial charge in [-0.25, -0.2) is 19.3 Å². The van der Waals surface area contributed by atoms with E-state index in [1.807, 2.05) is 60.7 Å². The number of rotatable bonds is 9. The van der Waals surface area contributed by atoms with Gasteiger partial charge in [0, 0.05) is 50.2 Å². The van der Waals surface area contributed by atoms with Crippen LogP contribution in [0.25, 0.3) is 22.2 Å². The van der Waals surface area contributed by atoms with Gasteiger partial charge in [-0.3, -0.25) is 0 Å². The summed E-state index contributed by atoms with van der Waals surface area (Å²) in [5.41, 5.74) is 3.95. The van der Waals surface area contributed by atoms with Crippen molar-refractivity contribution in [1.29, 1.82) is 0 Å². The van der Waals surface area contributed by atoms with Gasteiger partial charge in [0.2, 0.25) is 0 Å². The normalized spacial score (nSPS) is 13.2. The summed E-state index contributed by atoms with van der Waals surface area (Å²) in [4.78, 5) is 18.3. The molecule has 3 heterocycles. The van der Waals surface area contributed by atoms with Gasteiger partial charge in [-0.1, -0.05) is 35.9 Å². The summed E-state index contributed by atoms with van der Waals surface area (Å²) in [6.07, 6.45) is 1.55. The van der Waals surface area contributed by atoms with E-state index in [1.165, 1.54) is 0 Å². The minimum absolute atomic E-state index is 0.184. The average Bonchev–Trinajstić information content (AvgIpc) is 3.06. The first kappa shape index (κ1) is 29.6. The Kier molecular flexibility index (Phi) is 8.77. The van der Waals surface area contributed by atoms with Crippen LogP contribution in [0, 0.1) is 12.7 Å².